The third kappa shape index (κ3) is 5.97. The van der Waals surface area contributed by atoms with Gasteiger partial charge in [0.1, 0.15) is 5.75 Å². The van der Waals surface area contributed by atoms with Gasteiger partial charge in [0.15, 0.2) is 0 Å². The van der Waals surface area contributed by atoms with Crippen LogP contribution in [0.2, 0.25) is 0 Å². The highest BCUT2D eigenvalue weighted by Gasteiger charge is 2.13. The van der Waals surface area contributed by atoms with Crippen LogP contribution in [0.3, 0.4) is 0 Å². The van der Waals surface area contributed by atoms with Crippen molar-refractivity contribution in [1.29, 1.82) is 0 Å². The van der Waals surface area contributed by atoms with Crippen molar-refractivity contribution >= 4 is 6.03 Å². The van der Waals surface area contributed by atoms with Gasteiger partial charge in [0.25, 0.3) is 0 Å². The number of rotatable bonds is 7. The zero-order chi connectivity index (χ0) is 15.8. The number of hydrogen-bond acceptors (Lipinski definition) is 2. The van der Waals surface area contributed by atoms with Crippen molar-refractivity contribution in [1.82, 2.24) is 10.2 Å². The van der Waals surface area contributed by atoms with E-state index >= 15 is 0 Å². The van der Waals surface area contributed by atoms with Crippen LogP contribution in [-0.2, 0) is 6.54 Å². The van der Waals surface area contributed by atoms with Gasteiger partial charge in [-0.15, -0.1) is 0 Å². The number of carbonyl (C=O) groups excluding carboxylic acids is 1. The Bertz CT molecular complexity index is 434. The van der Waals surface area contributed by atoms with Crippen LogP contribution in [0.25, 0.3) is 0 Å². The normalized spacial score (nSPS) is 10.8. The first-order valence-electron chi connectivity index (χ1n) is 7.01. The summed E-state index contributed by atoms with van der Waals surface area (Å²) in [4.78, 5) is 13.5. The summed E-state index contributed by atoms with van der Waals surface area (Å²) in [5.41, 5.74) is 0.846. The average molecular weight is 300 g/mol. The van der Waals surface area contributed by atoms with Gasteiger partial charge in [0.05, 0.1) is 0 Å². The van der Waals surface area contributed by atoms with Gasteiger partial charge in [0, 0.05) is 19.6 Å². The molecule has 118 valence electrons. The van der Waals surface area contributed by atoms with Crippen LogP contribution >= 0.6 is 0 Å². The van der Waals surface area contributed by atoms with Crippen LogP contribution in [0.15, 0.2) is 24.3 Å². The Labute approximate surface area is 124 Å². The van der Waals surface area contributed by atoms with Crippen molar-refractivity contribution in [3.05, 3.63) is 29.8 Å². The molecule has 2 amide bonds. The second-order valence-electron chi connectivity index (χ2n) is 4.84. The van der Waals surface area contributed by atoms with Crippen LogP contribution < -0.4 is 10.1 Å². The highest BCUT2D eigenvalue weighted by atomic mass is 19.3. The van der Waals surface area contributed by atoms with E-state index < -0.39 is 6.61 Å². The first-order chi connectivity index (χ1) is 9.96. The molecular formula is C15H22F2N2O2. The molecule has 6 heteroatoms. The SMILES string of the molecule is CCC(CC)NC(=O)N(C)Cc1ccc(OC(F)F)cc1. The Morgan fingerprint density at radius 2 is 1.81 bits per heavy atom. The molecule has 0 aliphatic heterocycles. The van der Waals surface area contributed by atoms with Crippen LogP contribution in [0.1, 0.15) is 32.3 Å². The number of nitrogens with zero attached hydrogens (tertiary/aromatic N) is 1. The number of halogens is 2. The maximum atomic E-state index is 12.0. The molecule has 0 bridgehead atoms. The minimum absolute atomic E-state index is 0.109. The van der Waals surface area contributed by atoms with Gasteiger partial charge in [-0.25, -0.2) is 4.79 Å². The Hall–Kier alpha value is -1.85. The quantitative estimate of drug-likeness (QED) is 0.835. The van der Waals surface area contributed by atoms with Gasteiger partial charge >= 0.3 is 12.6 Å². The lowest BCUT2D eigenvalue weighted by Gasteiger charge is -2.22. The molecule has 21 heavy (non-hydrogen) atoms. The molecule has 1 rings (SSSR count). The Morgan fingerprint density at radius 3 is 2.29 bits per heavy atom. The Morgan fingerprint density at radius 1 is 1.24 bits per heavy atom. The maximum absolute atomic E-state index is 12.0. The smallest absolute Gasteiger partial charge is 0.387 e. The molecule has 0 spiro atoms. The lowest BCUT2D eigenvalue weighted by Crippen LogP contribution is -2.42. The average Bonchev–Trinajstić information content (AvgIpc) is 2.45. The van der Waals surface area contributed by atoms with Crippen molar-refractivity contribution in [3.8, 4) is 5.75 Å². The van der Waals surface area contributed by atoms with Crippen LogP contribution in [-0.4, -0.2) is 30.6 Å². The minimum atomic E-state index is -2.83. The van der Waals surface area contributed by atoms with Gasteiger partial charge in [-0.3, -0.25) is 0 Å². The van der Waals surface area contributed by atoms with Gasteiger partial charge in [-0.1, -0.05) is 26.0 Å². The molecule has 0 radical (unpaired) electrons. The number of hydrogen-bond donors (Lipinski definition) is 1. The molecule has 0 saturated carbocycles. The molecule has 0 unspecified atom stereocenters. The van der Waals surface area contributed by atoms with E-state index in [9.17, 15) is 13.6 Å². The highest BCUT2D eigenvalue weighted by molar-refractivity contribution is 5.74. The van der Waals surface area contributed by atoms with Gasteiger partial charge in [0.2, 0.25) is 0 Å². The minimum Gasteiger partial charge on any atom is -0.435 e. The lowest BCUT2D eigenvalue weighted by molar-refractivity contribution is -0.0498. The molecule has 1 aromatic carbocycles. The molecule has 0 atom stereocenters. The largest absolute Gasteiger partial charge is 0.435 e. The number of carbonyl (C=O) groups is 1. The second kappa shape index (κ2) is 8.44. The Balaban J connectivity index is 2.53. The van der Waals surface area contributed by atoms with E-state index in [2.05, 4.69) is 10.1 Å². The summed E-state index contributed by atoms with van der Waals surface area (Å²) in [5.74, 6) is 0.109. The lowest BCUT2D eigenvalue weighted by atomic mass is 10.2. The van der Waals surface area contributed by atoms with Crippen LogP contribution in [0, 0.1) is 0 Å². The summed E-state index contributed by atoms with van der Waals surface area (Å²) in [7, 11) is 1.70. The molecule has 4 nitrogen and oxygen atoms in total. The number of amides is 2. The fourth-order valence-electron chi connectivity index (χ4n) is 1.90. The molecule has 1 aromatic rings. The number of nitrogens with one attached hydrogen (secondary N) is 1. The van der Waals surface area contributed by atoms with Crippen molar-refractivity contribution in [2.24, 2.45) is 0 Å². The first kappa shape index (κ1) is 17.2. The van der Waals surface area contributed by atoms with Crippen molar-refractivity contribution in [2.75, 3.05) is 7.05 Å². The fourth-order valence-corrected chi connectivity index (χ4v) is 1.90. The zero-order valence-electron chi connectivity index (χ0n) is 12.6. The molecule has 0 aliphatic carbocycles. The Kier molecular flexibility index (Phi) is 6.91. The fraction of sp³-hybridized carbons (Fsp3) is 0.533. The number of alkyl halides is 2. The van der Waals surface area contributed by atoms with Gasteiger partial charge in [-0.05, 0) is 30.5 Å². The summed E-state index contributed by atoms with van der Waals surface area (Å²) in [5, 5.41) is 2.94. The molecule has 0 saturated heterocycles. The highest BCUT2D eigenvalue weighted by Crippen LogP contribution is 2.15. The summed E-state index contributed by atoms with van der Waals surface area (Å²) in [6.45, 7) is 1.62. The van der Waals surface area contributed by atoms with Crippen molar-refractivity contribution < 1.29 is 18.3 Å². The number of ether oxygens (including phenoxy) is 1. The molecule has 0 heterocycles. The summed E-state index contributed by atoms with van der Waals surface area (Å²) in [6.07, 6.45) is 1.77. The van der Waals surface area contributed by atoms with E-state index in [-0.39, 0.29) is 17.8 Å². The van der Waals surface area contributed by atoms with E-state index in [4.69, 9.17) is 0 Å². The van der Waals surface area contributed by atoms with Crippen molar-refractivity contribution in [2.45, 2.75) is 45.9 Å². The van der Waals surface area contributed by atoms with E-state index in [1.807, 2.05) is 13.8 Å². The predicted molar refractivity (Wildman–Crippen MR) is 77.4 cm³/mol. The van der Waals surface area contributed by atoms with E-state index in [1.54, 1.807) is 24.1 Å². The topological polar surface area (TPSA) is 41.6 Å². The summed E-state index contributed by atoms with van der Waals surface area (Å²) < 4.78 is 28.4. The summed E-state index contributed by atoms with van der Waals surface area (Å²) in [6, 6.07) is 6.29. The molecule has 0 aliphatic rings. The van der Waals surface area contributed by atoms with E-state index in [1.165, 1.54) is 12.1 Å². The third-order valence-corrected chi connectivity index (χ3v) is 3.23. The monoisotopic (exact) mass is 300 g/mol. The van der Waals surface area contributed by atoms with Crippen LogP contribution in [0.4, 0.5) is 13.6 Å². The zero-order valence-corrected chi connectivity index (χ0v) is 12.6. The molecule has 0 fully saturated rings. The van der Waals surface area contributed by atoms with Crippen LogP contribution in [0.5, 0.6) is 5.75 Å². The second-order valence-corrected chi connectivity index (χ2v) is 4.84. The summed E-state index contributed by atoms with van der Waals surface area (Å²) >= 11 is 0. The number of urea groups is 1. The number of benzene rings is 1. The predicted octanol–water partition coefficient (Wildman–Crippen LogP) is 3.62. The van der Waals surface area contributed by atoms with E-state index in [0.717, 1.165) is 18.4 Å². The standard InChI is InChI=1S/C15H22F2N2O2/c1-4-12(5-2)18-15(20)19(3)10-11-6-8-13(9-7-11)21-14(16)17/h6-9,12,14H,4-5,10H2,1-3H3,(H,18,20). The molecular weight excluding hydrogens is 278 g/mol. The maximum Gasteiger partial charge on any atom is 0.387 e. The molecule has 0 aromatic heterocycles. The third-order valence-electron chi connectivity index (χ3n) is 3.23. The van der Waals surface area contributed by atoms with Gasteiger partial charge in [-0.2, -0.15) is 8.78 Å². The van der Waals surface area contributed by atoms with Gasteiger partial charge < -0.3 is 15.0 Å². The first-order valence-corrected chi connectivity index (χ1v) is 7.01. The van der Waals surface area contributed by atoms with E-state index in [0.29, 0.717) is 6.54 Å². The molecule has 1 N–H and O–H groups in total. The van der Waals surface area contributed by atoms with Crippen molar-refractivity contribution in [3.63, 3.8) is 0 Å².